The highest BCUT2D eigenvalue weighted by atomic mass is 16.5. The van der Waals surface area contributed by atoms with Crippen LogP contribution in [-0.2, 0) is 19.6 Å². The SMILES string of the molecule is CCNCc1cc(CN(C)Cc2ccoc2C)on1. The molecule has 1 N–H and O–H groups in total. The lowest BCUT2D eigenvalue weighted by Gasteiger charge is -2.13. The first-order valence-electron chi connectivity index (χ1n) is 6.55. The minimum atomic E-state index is 0.740. The van der Waals surface area contributed by atoms with E-state index in [1.54, 1.807) is 6.26 Å². The quantitative estimate of drug-likeness (QED) is 0.830. The van der Waals surface area contributed by atoms with Gasteiger partial charge in [0.2, 0.25) is 0 Å². The molecule has 0 spiro atoms. The molecule has 0 aliphatic carbocycles. The van der Waals surface area contributed by atoms with Gasteiger partial charge < -0.3 is 14.3 Å². The Morgan fingerprint density at radius 3 is 2.89 bits per heavy atom. The Balaban J connectivity index is 1.86. The van der Waals surface area contributed by atoms with E-state index in [4.69, 9.17) is 8.94 Å². The number of furan rings is 1. The number of rotatable bonds is 7. The molecule has 0 radical (unpaired) electrons. The largest absolute Gasteiger partial charge is 0.469 e. The van der Waals surface area contributed by atoms with Gasteiger partial charge in [0.05, 0.1) is 18.5 Å². The maximum absolute atomic E-state index is 5.33. The van der Waals surface area contributed by atoms with Gasteiger partial charge in [0.15, 0.2) is 5.76 Å². The van der Waals surface area contributed by atoms with Gasteiger partial charge in [-0.15, -0.1) is 0 Å². The maximum Gasteiger partial charge on any atom is 0.151 e. The van der Waals surface area contributed by atoms with Crippen molar-refractivity contribution in [1.29, 1.82) is 0 Å². The summed E-state index contributed by atoms with van der Waals surface area (Å²) in [4.78, 5) is 2.18. The van der Waals surface area contributed by atoms with Gasteiger partial charge in [-0.3, -0.25) is 4.90 Å². The lowest BCUT2D eigenvalue weighted by atomic mass is 10.2. The molecule has 0 aliphatic rings. The summed E-state index contributed by atoms with van der Waals surface area (Å²) in [5, 5.41) is 7.27. The van der Waals surface area contributed by atoms with E-state index in [9.17, 15) is 0 Å². The van der Waals surface area contributed by atoms with Crippen molar-refractivity contribution in [3.8, 4) is 0 Å². The van der Waals surface area contributed by atoms with Crippen molar-refractivity contribution >= 4 is 0 Å². The molecule has 0 aromatic carbocycles. The average molecular weight is 263 g/mol. The Bertz CT molecular complexity index is 504. The molecule has 104 valence electrons. The summed E-state index contributed by atoms with van der Waals surface area (Å²) in [6.07, 6.45) is 1.72. The van der Waals surface area contributed by atoms with E-state index < -0.39 is 0 Å². The van der Waals surface area contributed by atoms with E-state index in [-0.39, 0.29) is 0 Å². The van der Waals surface area contributed by atoms with Crippen LogP contribution in [0.25, 0.3) is 0 Å². The second-order valence-corrected chi connectivity index (χ2v) is 4.74. The maximum atomic E-state index is 5.33. The number of nitrogens with one attached hydrogen (secondary N) is 1. The highest BCUT2D eigenvalue weighted by Gasteiger charge is 2.09. The predicted octanol–water partition coefficient (Wildman–Crippen LogP) is 2.32. The molecule has 0 saturated heterocycles. The molecule has 0 aliphatic heterocycles. The van der Waals surface area contributed by atoms with Crippen LogP contribution >= 0.6 is 0 Å². The van der Waals surface area contributed by atoms with E-state index in [2.05, 4.69) is 29.3 Å². The van der Waals surface area contributed by atoms with Gasteiger partial charge in [-0.2, -0.15) is 0 Å². The first kappa shape index (κ1) is 13.8. The lowest BCUT2D eigenvalue weighted by molar-refractivity contribution is 0.264. The van der Waals surface area contributed by atoms with E-state index in [0.29, 0.717) is 0 Å². The molecule has 2 aromatic rings. The van der Waals surface area contributed by atoms with Crippen molar-refractivity contribution in [3.05, 3.63) is 41.2 Å². The number of aryl methyl sites for hydroxylation is 1. The summed E-state index contributed by atoms with van der Waals surface area (Å²) in [5.74, 6) is 1.86. The molecular weight excluding hydrogens is 242 g/mol. The number of hydrogen-bond donors (Lipinski definition) is 1. The van der Waals surface area contributed by atoms with Gasteiger partial charge in [-0.1, -0.05) is 12.1 Å². The third-order valence-corrected chi connectivity index (χ3v) is 3.00. The van der Waals surface area contributed by atoms with Gasteiger partial charge in [-0.25, -0.2) is 0 Å². The fourth-order valence-corrected chi connectivity index (χ4v) is 1.95. The molecule has 0 fully saturated rings. The molecule has 0 amide bonds. The zero-order valence-corrected chi connectivity index (χ0v) is 11.8. The monoisotopic (exact) mass is 263 g/mol. The van der Waals surface area contributed by atoms with Crippen LogP contribution in [0.2, 0.25) is 0 Å². The van der Waals surface area contributed by atoms with Crippen molar-refractivity contribution in [2.24, 2.45) is 0 Å². The fraction of sp³-hybridized carbons (Fsp3) is 0.500. The number of nitrogens with zero attached hydrogens (tertiary/aromatic N) is 2. The average Bonchev–Trinajstić information content (AvgIpc) is 2.97. The number of aromatic nitrogens is 1. The minimum absolute atomic E-state index is 0.740. The van der Waals surface area contributed by atoms with E-state index in [1.807, 2.05) is 19.1 Å². The van der Waals surface area contributed by atoms with Crippen LogP contribution < -0.4 is 5.32 Å². The second-order valence-electron chi connectivity index (χ2n) is 4.74. The first-order chi connectivity index (χ1) is 9.19. The van der Waals surface area contributed by atoms with Crippen LogP contribution in [0.3, 0.4) is 0 Å². The summed E-state index contributed by atoms with van der Waals surface area (Å²) in [7, 11) is 2.05. The van der Waals surface area contributed by atoms with Gasteiger partial charge in [0.1, 0.15) is 5.76 Å². The third kappa shape index (κ3) is 3.94. The Morgan fingerprint density at radius 1 is 1.37 bits per heavy atom. The molecule has 0 saturated carbocycles. The van der Waals surface area contributed by atoms with E-state index in [1.165, 1.54) is 5.56 Å². The molecule has 2 rings (SSSR count). The molecule has 5 nitrogen and oxygen atoms in total. The van der Waals surface area contributed by atoms with E-state index >= 15 is 0 Å². The zero-order valence-electron chi connectivity index (χ0n) is 11.8. The molecule has 0 atom stereocenters. The van der Waals surface area contributed by atoms with Gasteiger partial charge >= 0.3 is 0 Å². The Morgan fingerprint density at radius 2 is 2.21 bits per heavy atom. The summed E-state index contributed by atoms with van der Waals surface area (Å²) in [5.41, 5.74) is 2.15. The zero-order chi connectivity index (χ0) is 13.7. The van der Waals surface area contributed by atoms with Crippen LogP contribution in [0.15, 0.2) is 27.3 Å². The van der Waals surface area contributed by atoms with E-state index in [0.717, 1.165) is 43.4 Å². The van der Waals surface area contributed by atoms with Crippen LogP contribution in [-0.4, -0.2) is 23.6 Å². The molecule has 0 unspecified atom stereocenters. The van der Waals surface area contributed by atoms with Crippen molar-refractivity contribution in [1.82, 2.24) is 15.4 Å². The highest BCUT2D eigenvalue weighted by Crippen LogP contribution is 2.13. The van der Waals surface area contributed by atoms with Gasteiger partial charge in [0.25, 0.3) is 0 Å². The van der Waals surface area contributed by atoms with Crippen molar-refractivity contribution in [3.63, 3.8) is 0 Å². The molecule has 2 aromatic heterocycles. The van der Waals surface area contributed by atoms with Crippen LogP contribution in [0, 0.1) is 6.92 Å². The molecular formula is C14H21N3O2. The Hall–Kier alpha value is -1.59. The molecule has 5 heteroatoms. The minimum Gasteiger partial charge on any atom is -0.469 e. The normalized spacial score (nSPS) is 11.4. The van der Waals surface area contributed by atoms with Crippen molar-refractivity contribution in [2.75, 3.05) is 13.6 Å². The van der Waals surface area contributed by atoms with Crippen molar-refractivity contribution in [2.45, 2.75) is 33.5 Å². The Labute approximate surface area is 113 Å². The molecule has 2 heterocycles. The summed E-state index contributed by atoms with van der Waals surface area (Å²) in [6.45, 7) is 7.32. The number of hydrogen-bond acceptors (Lipinski definition) is 5. The van der Waals surface area contributed by atoms with Gasteiger partial charge in [0, 0.05) is 24.7 Å². The van der Waals surface area contributed by atoms with Crippen LogP contribution in [0.5, 0.6) is 0 Å². The predicted molar refractivity (Wildman–Crippen MR) is 72.5 cm³/mol. The second kappa shape index (κ2) is 6.54. The molecule has 0 bridgehead atoms. The van der Waals surface area contributed by atoms with Crippen LogP contribution in [0.4, 0.5) is 0 Å². The lowest BCUT2D eigenvalue weighted by Crippen LogP contribution is -2.17. The van der Waals surface area contributed by atoms with Gasteiger partial charge in [-0.05, 0) is 26.6 Å². The van der Waals surface area contributed by atoms with Crippen molar-refractivity contribution < 1.29 is 8.94 Å². The summed E-state index contributed by atoms with van der Waals surface area (Å²) >= 11 is 0. The van der Waals surface area contributed by atoms with Crippen LogP contribution in [0.1, 0.15) is 29.7 Å². The Kier molecular flexibility index (Phi) is 4.76. The first-order valence-corrected chi connectivity index (χ1v) is 6.55. The third-order valence-electron chi connectivity index (χ3n) is 3.00. The fourth-order valence-electron chi connectivity index (χ4n) is 1.95. The highest BCUT2D eigenvalue weighted by molar-refractivity contribution is 5.15. The topological polar surface area (TPSA) is 54.4 Å². The smallest absolute Gasteiger partial charge is 0.151 e. The standard InChI is InChI=1S/C14H21N3O2/c1-4-15-8-13-7-14(19-16-13)10-17(3)9-12-5-6-18-11(12)2/h5-7,15H,4,8-10H2,1-3H3. The summed E-state index contributed by atoms with van der Waals surface area (Å²) in [6, 6.07) is 4.00. The molecule has 19 heavy (non-hydrogen) atoms. The summed E-state index contributed by atoms with van der Waals surface area (Å²) < 4.78 is 10.6.